The van der Waals surface area contributed by atoms with Crippen molar-refractivity contribution in [3.63, 3.8) is 0 Å². The molecule has 0 bridgehead atoms. The van der Waals surface area contributed by atoms with Gasteiger partial charge in [0.1, 0.15) is 0 Å². The van der Waals surface area contributed by atoms with E-state index in [0.717, 1.165) is 0 Å². The van der Waals surface area contributed by atoms with E-state index in [1.807, 2.05) is 12.1 Å². The van der Waals surface area contributed by atoms with Crippen LogP contribution in [0.5, 0.6) is 0 Å². The van der Waals surface area contributed by atoms with E-state index >= 15 is 0 Å². The maximum atomic E-state index is 12.9. The molecule has 0 aliphatic rings. The second-order valence-electron chi connectivity index (χ2n) is 5.42. The maximum absolute atomic E-state index is 12.9. The van der Waals surface area contributed by atoms with E-state index in [1.54, 1.807) is 27.7 Å². The van der Waals surface area contributed by atoms with Gasteiger partial charge in [-0.05, 0) is 45.4 Å². The standard InChI is InChI=1S/C18H24N2O6P2/c1-5-23-18(27-21,24-6-2)17-10-14(11-19)16(9-15(17)12-20)13-28(22,25-7-3)26-8-4/h9-10H,5-8,13H2,1-4H3. The number of benzene rings is 1. The van der Waals surface area contributed by atoms with Crippen LogP contribution in [0, 0.1) is 22.7 Å². The SMILES string of the molecule is CCOC(OCC)(P=O)c1cc(C#N)c(CP(=O)(OCC)OCC)cc1C#N. The molecule has 0 heterocycles. The number of nitrogens with zero attached hydrogens (tertiary/aromatic N) is 2. The first kappa shape index (κ1) is 24.4. The summed E-state index contributed by atoms with van der Waals surface area (Å²) in [5.41, 5.74) is -0.974. The maximum Gasteiger partial charge on any atom is 0.335 e. The van der Waals surface area contributed by atoms with Crippen LogP contribution >= 0.6 is 16.1 Å². The van der Waals surface area contributed by atoms with Crippen LogP contribution in [-0.2, 0) is 39.3 Å². The summed E-state index contributed by atoms with van der Waals surface area (Å²) in [5.74, 6) is 0. The average molecular weight is 426 g/mol. The zero-order chi connectivity index (χ0) is 21.2. The molecule has 0 aliphatic carbocycles. The van der Waals surface area contributed by atoms with Gasteiger partial charge in [0.25, 0.3) is 5.53 Å². The lowest BCUT2D eigenvalue weighted by atomic mass is 9.99. The second-order valence-corrected chi connectivity index (χ2v) is 8.25. The minimum Gasteiger partial charge on any atom is -0.337 e. The Balaban J connectivity index is 3.59. The van der Waals surface area contributed by atoms with Crippen molar-refractivity contribution in [1.82, 2.24) is 0 Å². The lowest BCUT2D eigenvalue weighted by Gasteiger charge is -2.28. The van der Waals surface area contributed by atoms with E-state index in [9.17, 15) is 19.7 Å². The van der Waals surface area contributed by atoms with Gasteiger partial charge in [0.15, 0.2) is 0 Å². The smallest absolute Gasteiger partial charge is 0.335 e. The molecule has 0 spiro atoms. The molecular weight excluding hydrogens is 402 g/mol. The van der Waals surface area contributed by atoms with E-state index < -0.39 is 21.6 Å². The molecule has 0 unspecified atom stereocenters. The van der Waals surface area contributed by atoms with Gasteiger partial charge in [0.2, 0.25) is 8.46 Å². The Labute approximate surface area is 167 Å². The predicted molar refractivity (Wildman–Crippen MR) is 103 cm³/mol. The van der Waals surface area contributed by atoms with Crippen LogP contribution in [0.2, 0.25) is 0 Å². The average Bonchev–Trinajstić information content (AvgIpc) is 2.67. The summed E-state index contributed by atoms with van der Waals surface area (Å²) in [7, 11) is -4.00. The first-order valence-corrected chi connectivity index (χ1v) is 11.4. The number of hydrogen-bond donors (Lipinski definition) is 0. The number of ether oxygens (including phenoxy) is 2. The van der Waals surface area contributed by atoms with Crippen molar-refractivity contribution in [3.8, 4) is 12.1 Å². The van der Waals surface area contributed by atoms with Gasteiger partial charge in [0.05, 0.1) is 42.6 Å². The molecule has 8 nitrogen and oxygen atoms in total. The molecule has 1 aromatic rings. The minimum atomic E-state index is -3.49. The third kappa shape index (κ3) is 5.69. The van der Waals surface area contributed by atoms with Gasteiger partial charge >= 0.3 is 7.60 Å². The Morgan fingerprint density at radius 1 is 0.964 bits per heavy atom. The largest absolute Gasteiger partial charge is 0.337 e. The first-order valence-electron chi connectivity index (χ1n) is 8.87. The summed E-state index contributed by atoms with van der Waals surface area (Å²) < 4.78 is 46.5. The van der Waals surface area contributed by atoms with Gasteiger partial charge < -0.3 is 18.5 Å². The van der Waals surface area contributed by atoms with Crippen LogP contribution in [0.4, 0.5) is 0 Å². The molecule has 0 aliphatic heterocycles. The Morgan fingerprint density at radius 2 is 1.50 bits per heavy atom. The van der Waals surface area contributed by atoms with Crippen LogP contribution in [0.15, 0.2) is 12.1 Å². The molecule has 0 saturated heterocycles. The Hall–Kier alpha value is -1.63. The lowest BCUT2D eigenvalue weighted by molar-refractivity contribution is -0.176. The highest BCUT2D eigenvalue weighted by molar-refractivity contribution is 7.53. The van der Waals surface area contributed by atoms with Crippen molar-refractivity contribution >= 4 is 16.1 Å². The second kappa shape index (κ2) is 11.4. The van der Waals surface area contributed by atoms with Crippen LogP contribution in [0.25, 0.3) is 0 Å². The number of rotatable bonds is 12. The zero-order valence-electron chi connectivity index (χ0n) is 16.4. The van der Waals surface area contributed by atoms with Crippen molar-refractivity contribution in [1.29, 1.82) is 10.5 Å². The normalized spacial score (nSPS) is 11.9. The Kier molecular flexibility index (Phi) is 9.93. The highest BCUT2D eigenvalue weighted by Crippen LogP contribution is 2.52. The third-order valence-electron chi connectivity index (χ3n) is 3.64. The van der Waals surface area contributed by atoms with Crippen LogP contribution < -0.4 is 0 Å². The fourth-order valence-corrected chi connectivity index (χ4v) is 5.02. The predicted octanol–water partition coefficient (Wildman–Crippen LogP) is 4.67. The Bertz CT molecular complexity index is 800. The van der Waals surface area contributed by atoms with E-state index in [4.69, 9.17) is 18.5 Å². The topological polar surface area (TPSA) is 119 Å². The van der Waals surface area contributed by atoms with Crippen molar-refractivity contribution in [2.75, 3.05) is 26.4 Å². The number of hydrogen-bond acceptors (Lipinski definition) is 8. The molecule has 152 valence electrons. The molecule has 0 radical (unpaired) electrons. The molecule has 0 amide bonds. The van der Waals surface area contributed by atoms with Gasteiger partial charge in [-0.2, -0.15) is 10.5 Å². The minimum absolute atomic E-state index is 0.0961. The molecule has 1 rings (SSSR count). The van der Waals surface area contributed by atoms with Crippen LogP contribution in [0.3, 0.4) is 0 Å². The highest BCUT2D eigenvalue weighted by Gasteiger charge is 2.39. The van der Waals surface area contributed by atoms with Crippen LogP contribution in [-0.4, -0.2) is 26.4 Å². The van der Waals surface area contributed by atoms with E-state index in [-0.39, 0.29) is 49.3 Å². The van der Waals surface area contributed by atoms with Gasteiger partial charge in [-0.25, -0.2) is 0 Å². The summed E-state index contributed by atoms with van der Waals surface area (Å²) in [6, 6.07) is 6.82. The molecular formula is C18H24N2O6P2. The molecule has 0 saturated carbocycles. The summed E-state index contributed by atoms with van der Waals surface area (Å²) >= 11 is 0. The van der Waals surface area contributed by atoms with Crippen molar-refractivity contribution in [2.45, 2.75) is 39.4 Å². The summed E-state index contributed by atoms with van der Waals surface area (Å²) in [4.78, 5) is 0. The molecule has 0 atom stereocenters. The highest BCUT2D eigenvalue weighted by atomic mass is 31.2. The molecule has 0 N–H and O–H groups in total. The van der Waals surface area contributed by atoms with Gasteiger partial charge in [-0.1, -0.05) is 0 Å². The fraction of sp³-hybridized carbons (Fsp3) is 0.556. The summed E-state index contributed by atoms with van der Waals surface area (Å²) in [6.07, 6.45) is -0.169. The van der Waals surface area contributed by atoms with Crippen LogP contribution in [0.1, 0.15) is 49.9 Å². The summed E-state index contributed by atoms with van der Waals surface area (Å²) in [5, 5.41) is 19.2. The van der Waals surface area contributed by atoms with Gasteiger partial charge in [-0.3, -0.25) is 9.13 Å². The molecule has 28 heavy (non-hydrogen) atoms. The van der Waals surface area contributed by atoms with Crippen molar-refractivity contribution < 1.29 is 27.7 Å². The van der Waals surface area contributed by atoms with E-state index in [0.29, 0.717) is 5.56 Å². The van der Waals surface area contributed by atoms with Gasteiger partial charge in [0, 0.05) is 18.8 Å². The fourth-order valence-electron chi connectivity index (χ4n) is 2.65. The Morgan fingerprint density at radius 3 is 1.89 bits per heavy atom. The number of nitriles is 2. The lowest BCUT2D eigenvalue weighted by Crippen LogP contribution is -2.28. The quantitative estimate of drug-likeness (QED) is 0.349. The van der Waals surface area contributed by atoms with Crippen molar-refractivity contribution in [3.05, 3.63) is 34.4 Å². The zero-order valence-corrected chi connectivity index (χ0v) is 18.2. The monoisotopic (exact) mass is 426 g/mol. The first-order chi connectivity index (χ1) is 13.4. The molecule has 0 fully saturated rings. The van der Waals surface area contributed by atoms with Crippen molar-refractivity contribution in [2.24, 2.45) is 0 Å². The molecule has 0 aromatic heterocycles. The van der Waals surface area contributed by atoms with E-state index in [2.05, 4.69) is 0 Å². The third-order valence-corrected chi connectivity index (χ3v) is 6.41. The van der Waals surface area contributed by atoms with Gasteiger partial charge in [-0.15, -0.1) is 0 Å². The van der Waals surface area contributed by atoms with E-state index in [1.165, 1.54) is 12.1 Å². The molecule has 1 aromatic carbocycles. The summed E-state index contributed by atoms with van der Waals surface area (Å²) in [6.45, 7) is 7.47. The molecule has 10 heteroatoms.